The van der Waals surface area contributed by atoms with Gasteiger partial charge >= 0.3 is 5.97 Å². The van der Waals surface area contributed by atoms with E-state index in [1.807, 2.05) is 0 Å². The lowest BCUT2D eigenvalue weighted by Crippen LogP contribution is -2.15. The maximum atomic E-state index is 12.5. The molecule has 0 aliphatic carbocycles. The third-order valence-electron chi connectivity index (χ3n) is 3.73. The van der Waals surface area contributed by atoms with Crippen LogP contribution in [-0.4, -0.2) is 19.5 Å². The van der Waals surface area contributed by atoms with Crippen LogP contribution in [0.4, 0.5) is 5.69 Å². The van der Waals surface area contributed by atoms with Crippen LogP contribution in [0, 0.1) is 13.8 Å². The van der Waals surface area contributed by atoms with Crippen LogP contribution in [0.25, 0.3) is 0 Å². The molecule has 0 radical (unpaired) electrons. The number of esters is 1. The number of aromatic nitrogens is 1. The van der Waals surface area contributed by atoms with Gasteiger partial charge in [-0.05, 0) is 54.0 Å². The molecule has 0 spiro atoms. The van der Waals surface area contributed by atoms with E-state index in [4.69, 9.17) is 9.26 Å². The molecule has 1 aromatic carbocycles. The molecule has 3 aromatic rings. The van der Waals surface area contributed by atoms with Crippen molar-refractivity contribution in [3.63, 3.8) is 0 Å². The van der Waals surface area contributed by atoms with Crippen LogP contribution in [0.1, 0.15) is 27.4 Å². The number of nitrogens with zero attached hydrogens (tertiary/aromatic N) is 1. The number of thiophene rings is 1. The van der Waals surface area contributed by atoms with Gasteiger partial charge in [-0.1, -0.05) is 17.3 Å². The van der Waals surface area contributed by atoms with Crippen molar-refractivity contribution in [1.82, 2.24) is 5.16 Å². The smallest absolute Gasteiger partial charge is 0.340 e. The van der Waals surface area contributed by atoms with Gasteiger partial charge < -0.3 is 9.26 Å². The molecule has 0 aliphatic heterocycles. The summed E-state index contributed by atoms with van der Waals surface area (Å²) < 4.78 is 38.7. The first-order valence-electron chi connectivity index (χ1n) is 7.74. The van der Waals surface area contributed by atoms with E-state index in [1.54, 1.807) is 32.0 Å². The Bertz CT molecular complexity index is 1070. The lowest BCUT2D eigenvalue weighted by Gasteiger charge is -2.11. The highest BCUT2D eigenvalue weighted by Gasteiger charge is 2.21. The summed E-state index contributed by atoms with van der Waals surface area (Å²) in [4.78, 5) is 12.5. The van der Waals surface area contributed by atoms with Gasteiger partial charge in [0.2, 0.25) is 0 Å². The number of aryl methyl sites for hydroxylation is 2. The number of sulfonamides is 1. The van der Waals surface area contributed by atoms with Crippen molar-refractivity contribution < 1.29 is 22.5 Å². The second kappa shape index (κ2) is 7.83. The Hall–Kier alpha value is -2.17. The number of anilines is 1. The number of halogens is 1. The predicted octanol–water partition coefficient (Wildman–Crippen LogP) is 4.27. The minimum Gasteiger partial charge on any atom is -0.457 e. The Labute approximate surface area is 168 Å². The molecule has 1 N–H and O–H groups in total. The zero-order valence-electron chi connectivity index (χ0n) is 14.4. The van der Waals surface area contributed by atoms with Crippen LogP contribution in [0.5, 0.6) is 0 Å². The summed E-state index contributed by atoms with van der Waals surface area (Å²) in [5.41, 5.74) is 1.58. The quantitative estimate of drug-likeness (QED) is 0.539. The third-order valence-corrected chi connectivity index (χ3v) is 7.21. The van der Waals surface area contributed by atoms with Crippen molar-refractivity contribution in [3.8, 4) is 0 Å². The van der Waals surface area contributed by atoms with Crippen LogP contribution in [0.15, 0.2) is 48.9 Å². The lowest BCUT2D eigenvalue weighted by molar-refractivity contribution is 0.0472. The number of ether oxygens (including phenoxy) is 1. The number of para-hydroxylation sites is 1. The van der Waals surface area contributed by atoms with Crippen LogP contribution >= 0.6 is 27.3 Å². The van der Waals surface area contributed by atoms with Gasteiger partial charge in [-0.15, -0.1) is 11.3 Å². The van der Waals surface area contributed by atoms with Gasteiger partial charge in [0, 0.05) is 0 Å². The minimum atomic E-state index is -3.81. The van der Waals surface area contributed by atoms with E-state index in [-0.39, 0.29) is 22.1 Å². The first-order valence-corrected chi connectivity index (χ1v) is 10.8. The molecule has 0 atom stereocenters. The number of hydrogen-bond acceptors (Lipinski definition) is 7. The molecule has 0 amide bonds. The molecule has 0 fully saturated rings. The fourth-order valence-corrected chi connectivity index (χ4v) is 5.40. The fraction of sp³-hybridized carbons (Fsp3) is 0.176. The Kier molecular flexibility index (Phi) is 5.68. The molecule has 0 bridgehead atoms. The number of hydrogen-bond donors (Lipinski definition) is 1. The van der Waals surface area contributed by atoms with E-state index in [9.17, 15) is 13.2 Å². The Morgan fingerprint density at radius 3 is 2.63 bits per heavy atom. The molecule has 0 saturated carbocycles. The third kappa shape index (κ3) is 4.40. The fourth-order valence-electron chi connectivity index (χ4n) is 2.31. The largest absolute Gasteiger partial charge is 0.457 e. The molecule has 0 saturated heterocycles. The second-order valence-electron chi connectivity index (χ2n) is 5.59. The molecular weight excluding hydrogens is 456 g/mol. The van der Waals surface area contributed by atoms with Gasteiger partial charge in [-0.3, -0.25) is 4.72 Å². The van der Waals surface area contributed by atoms with Crippen molar-refractivity contribution in [1.29, 1.82) is 0 Å². The Morgan fingerprint density at radius 2 is 2.00 bits per heavy atom. The standard InChI is InChI=1S/C17H15BrN2O5S2/c1-10-13(11(2)25-19-10)9-24-17(21)12-5-3-4-6-14(12)20-27(22,23)16-8-7-15(18)26-16/h3-8,20H,9H2,1-2H3. The Morgan fingerprint density at radius 1 is 1.26 bits per heavy atom. The first-order chi connectivity index (χ1) is 12.8. The number of benzene rings is 1. The number of nitrogens with one attached hydrogen (secondary N) is 1. The topological polar surface area (TPSA) is 98.5 Å². The summed E-state index contributed by atoms with van der Waals surface area (Å²) in [6, 6.07) is 9.39. The van der Waals surface area contributed by atoms with Gasteiger partial charge in [-0.25, -0.2) is 13.2 Å². The first kappa shape index (κ1) is 19.6. The van der Waals surface area contributed by atoms with Crippen LogP contribution in [-0.2, 0) is 21.4 Å². The minimum absolute atomic E-state index is 0.0149. The van der Waals surface area contributed by atoms with Crippen molar-refractivity contribution in [2.75, 3.05) is 4.72 Å². The van der Waals surface area contributed by atoms with E-state index in [1.165, 1.54) is 18.2 Å². The van der Waals surface area contributed by atoms with Gasteiger partial charge in [0.05, 0.1) is 26.3 Å². The summed E-state index contributed by atoms with van der Waals surface area (Å²) in [6.07, 6.45) is 0. The molecule has 0 unspecified atom stereocenters. The molecule has 27 heavy (non-hydrogen) atoms. The van der Waals surface area contributed by atoms with Crippen molar-refractivity contribution in [2.45, 2.75) is 24.7 Å². The summed E-state index contributed by atoms with van der Waals surface area (Å²) >= 11 is 4.31. The highest BCUT2D eigenvalue weighted by Crippen LogP contribution is 2.28. The zero-order chi connectivity index (χ0) is 19.6. The number of carbonyl (C=O) groups excluding carboxylic acids is 1. The van der Waals surface area contributed by atoms with E-state index < -0.39 is 16.0 Å². The van der Waals surface area contributed by atoms with Crippen molar-refractivity contribution in [3.05, 3.63) is 62.8 Å². The van der Waals surface area contributed by atoms with E-state index in [0.717, 1.165) is 11.3 Å². The molecule has 2 aromatic heterocycles. The summed E-state index contributed by atoms with van der Waals surface area (Å²) in [5.74, 6) is -0.0850. The molecule has 3 rings (SSSR count). The van der Waals surface area contributed by atoms with Crippen molar-refractivity contribution >= 4 is 48.9 Å². The van der Waals surface area contributed by atoms with Gasteiger partial charge in [0.25, 0.3) is 10.0 Å². The van der Waals surface area contributed by atoms with Crippen LogP contribution < -0.4 is 4.72 Å². The average molecular weight is 471 g/mol. The highest BCUT2D eigenvalue weighted by atomic mass is 79.9. The summed E-state index contributed by atoms with van der Waals surface area (Å²) in [5, 5.41) is 3.81. The molecule has 142 valence electrons. The highest BCUT2D eigenvalue weighted by molar-refractivity contribution is 9.11. The van der Waals surface area contributed by atoms with E-state index >= 15 is 0 Å². The monoisotopic (exact) mass is 470 g/mol. The summed E-state index contributed by atoms with van der Waals surface area (Å²) in [6.45, 7) is 3.46. The SMILES string of the molecule is Cc1noc(C)c1COC(=O)c1ccccc1NS(=O)(=O)c1ccc(Br)s1. The molecule has 10 heteroatoms. The summed E-state index contributed by atoms with van der Waals surface area (Å²) in [7, 11) is -3.81. The zero-order valence-corrected chi connectivity index (χ0v) is 17.6. The van der Waals surface area contributed by atoms with Gasteiger partial charge in [0.15, 0.2) is 0 Å². The molecule has 0 aliphatic rings. The molecule has 7 nitrogen and oxygen atoms in total. The van der Waals surface area contributed by atoms with Gasteiger partial charge in [0.1, 0.15) is 16.6 Å². The molecule has 2 heterocycles. The van der Waals surface area contributed by atoms with Crippen LogP contribution in [0.2, 0.25) is 0 Å². The lowest BCUT2D eigenvalue weighted by atomic mass is 10.2. The predicted molar refractivity (Wildman–Crippen MR) is 104 cm³/mol. The Balaban J connectivity index is 1.80. The van der Waals surface area contributed by atoms with Crippen LogP contribution in [0.3, 0.4) is 0 Å². The second-order valence-corrected chi connectivity index (χ2v) is 9.96. The van der Waals surface area contributed by atoms with Crippen molar-refractivity contribution in [2.24, 2.45) is 0 Å². The maximum absolute atomic E-state index is 12.5. The van der Waals surface area contributed by atoms with Gasteiger partial charge in [-0.2, -0.15) is 0 Å². The molecular formula is C17H15BrN2O5S2. The van der Waals surface area contributed by atoms with E-state index in [2.05, 4.69) is 25.8 Å². The number of rotatable bonds is 6. The van der Waals surface area contributed by atoms with E-state index in [0.29, 0.717) is 20.8 Å². The average Bonchev–Trinajstić information content (AvgIpc) is 3.20. The number of carbonyl (C=O) groups is 1. The normalized spacial score (nSPS) is 11.4. The maximum Gasteiger partial charge on any atom is 0.340 e.